The lowest BCUT2D eigenvalue weighted by Gasteiger charge is -2.04. The number of unbranched alkanes of at least 4 members (excludes halogenated alkanes) is 1. The molecule has 0 amide bonds. The van der Waals surface area contributed by atoms with Crippen molar-refractivity contribution < 1.29 is 4.79 Å². The summed E-state index contributed by atoms with van der Waals surface area (Å²) in [7, 11) is 0. The van der Waals surface area contributed by atoms with Crippen LogP contribution in [0.3, 0.4) is 0 Å². The van der Waals surface area contributed by atoms with Gasteiger partial charge >= 0.3 is 0 Å². The van der Waals surface area contributed by atoms with Gasteiger partial charge in [-0.3, -0.25) is 4.79 Å². The number of hydrogen-bond donors (Lipinski definition) is 1. The van der Waals surface area contributed by atoms with Crippen LogP contribution in [0.15, 0.2) is 54.6 Å². The molecule has 0 bridgehead atoms. The summed E-state index contributed by atoms with van der Waals surface area (Å²) in [4.78, 5) is 17.9. The minimum atomic E-state index is -0.0231. The molecule has 3 rings (SSSR count). The largest absolute Gasteiger partial charge is 0.375 e. The first-order valence-electron chi connectivity index (χ1n) is 8.14. The molecule has 0 radical (unpaired) electrons. The van der Waals surface area contributed by atoms with Crippen LogP contribution < -0.4 is 5.73 Å². The van der Waals surface area contributed by atoms with Crippen LogP contribution in [-0.4, -0.2) is 10.8 Å². The van der Waals surface area contributed by atoms with Gasteiger partial charge in [0.15, 0.2) is 5.13 Å². The van der Waals surface area contributed by atoms with E-state index in [2.05, 4.69) is 11.9 Å². The first-order chi connectivity index (χ1) is 11.7. The number of nitrogen functional groups attached to an aromatic ring is 1. The highest BCUT2D eigenvalue weighted by Gasteiger charge is 2.19. The number of aryl methyl sites for hydroxylation is 1. The van der Waals surface area contributed by atoms with Crippen LogP contribution in [0.2, 0.25) is 0 Å². The van der Waals surface area contributed by atoms with Gasteiger partial charge in [-0.15, -0.1) is 0 Å². The Morgan fingerprint density at radius 1 is 1.08 bits per heavy atom. The van der Waals surface area contributed by atoms with Crippen molar-refractivity contribution in [1.29, 1.82) is 0 Å². The van der Waals surface area contributed by atoms with Crippen molar-refractivity contribution in [3.63, 3.8) is 0 Å². The van der Waals surface area contributed by atoms with Gasteiger partial charge in [0.25, 0.3) is 0 Å². The fourth-order valence-electron chi connectivity index (χ4n) is 2.62. The Bertz CT molecular complexity index is 823. The Morgan fingerprint density at radius 2 is 1.79 bits per heavy atom. The SMILES string of the molecule is CCCCc1ccc(C(=O)c2sc(N)nc2-c2ccccc2)cc1. The average Bonchev–Trinajstić information content (AvgIpc) is 3.02. The lowest BCUT2D eigenvalue weighted by molar-refractivity contribution is 0.104. The Balaban J connectivity index is 1.90. The Morgan fingerprint density at radius 3 is 2.46 bits per heavy atom. The zero-order valence-electron chi connectivity index (χ0n) is 13.7. The van der Waals surface area contributed by atoms with Gasteiger partial charge in [-0.05, 0) is 18.4 Å². The first-order valence-corrected chi connectivity index (χ1v) is 8.96. The van der Waals surface area contributed by atoms with Crippen molar-refractivity contribution >= 4 is 22.3 Å². The van der Waals surface area contributed by atoms with E-state index in [1.807, 2.05) is 54.6 Å². The summed E-state index contributed by atoms with van der Waals surface area (Å²) in [6, 6.07) is 17.6. The summed E-state index contributed by atoms with van der Waals surface area (Å²) in [5.74, 6) is -0.0231. The third-order valence-corrected chi connectivity index (χ3v) is 4.82. The van der Waals surface area contributed by atoms with E-state index in [0.29, 0.717) is 21.3 Å². The summed E-state index contributed by atoms with van der Waals surface area (Å²) in [6.07, 6.45) is 3.38. The lowest BCUT2D eigenvalue weighted by atomic mass is 10.0. The van der Waals surface area contributed by atoms with E-state index in [1.54, 1.807) is 0 Å². The molecule has 2 N–H and O–H groups in total. The molecule has 0 aliphatic carbocycles. The van der Waals surface area contributed by atoms with Crippen LogP contribution in [0.4, 0.5) is 5.13 Å². The normalized spacial score (nSPS) is 10.7. The van der Waals surface area contributed by atoms with Gasteiger partial charge in [-0.25, -0.2) is 4.98 Å². The van der Waals surface area contributed by atoms with Crippen molar-refractivity contribution in [3.05, 3.63) is 70.6 Å². The van der Waals surface area contributed by atoms with Crippen LogP contribution in [0, 0.1) is 0 Å². The van der Waals surface area contributed by atoms with Gasteiger partial charge < -0.3 is 5.73 Å². The molecule has 2 aromatic carbocycles. The summed E-state index contributed by atoms with van der Waals surface area (Å²) in [5.41, 5.74) is 9.38. The molecule has 4 heteroatoms. The molecular weight excluding hydrogens is 316 g/mol. The topological polar surface area (TPSA) is 56.0 Å². The lowest BCUT2D eigenvalue weighted by Crippen LogP contribution is -2.01. The number of thiazole rings is 1. The van der Waals surface area contributed by atoms with Gasteiger partial charge in [-0.2, -0.15) is 0 Å². The molecule has 0 saturated carbocycles. The summed E-state index contributed by atoms with van der Waals surface area (Å²) in [5, 5.41) is 0.414. The van der Waals surface area contributed by atoms with Crippen LogP contribution in [-0.2, 0) is 6.42 Å². The maximum atomic E-state index is 12.9. The second kappa shape index (κ2) is 7.41. The second-order valence-electron chi connectivity index (χ2n) is 5.73. The van der Waals surface area contributed by atoms with Crippen LogP contribution in [0.1, 0.15) is 40.6 Å². The maximum Gasteiger partial charge on any atom is 0.205 e. The van der Waals surface area contributed by atoms with Gasteiger partial charge in [0, 0.05) is 11.1 Å². The number of rotatable bonds is 6. The van der Waals surface area contributed by atoms with E-state index in [0.717, 1.165) is 18.4 Å². The molecule has 0 aliphatic heterocycles. The number of anilines is 1. The van der Waals surface area contributed by atoms with E-state index in [-0.39, 0.29) is 5.78 Å². The predicted octanol–water partition coefficient (Wildman–Crippen LogP) is 4.97. The van der Waals surface area contributed by atoms with E-state index >= 15 is 0 Å². The molecule has 0 spiro atoms. The molecule has 0 aliphatic rings. The van der Waals surface area contributed by atoms with Crippen LogP contribution >= 0.6 is 11.3 Å². The Labute approximate surface area is 146 Å². The number of carbonyl (C=O) groups is 1. The third-order valence-electron chi connectivity index (χ3n) is 3.93. The highest BCUT2D eigenvalue weighted by atomic mass is 32.1. The molecule has 0 unspecified atom stereocenters. The van der Waals surface area contributed by atoms with Crippen LogP contribution in [0.5, 0.6) is 0 Å². The Kier molecular flexibility index (Phi) is 5.06. The van der Waals surface area contributed by atoms with Crippen molar-refractivity contribution in [2.75, 3.05) is 5.73 Å². The van der Waals surface area contributed by atoms with Crippen LogP contribution in [0.25, 0.3) is 11.3 Å². The van der Waals surface area contributed by atoms with E-state index in [1.165, 1.54) is 23.3 Å². The standard InChI is InChI=1S/C20H20N2OS/c1-2-3-7-14-10-12-16(13-11-14)18(23)19-17(22-20(21)24-19)15-8-5-4-6-9-15/h4-6,8-13H,2-3,7H2,1H3,(H2,21,22). The van der Waals surface area contributed by atoms with E-state index in [9.17, 15) is 4.79 Å². The molecular formula is C20H20N2OS. The highest BCUT2D eigenvalue weighted by molar-refractivity contribution is 7.18. The summed E-state index contributed by atoms with van der Waals surface area (Å²) < 4.78 is 0. The molecule has 0 atom stereocenters. The van der Waals surface area contributed by atoms with Gasteiger partial charge in [0.2, 0.25) is 5.78 Å². The molecule has 3 aromatic rings. The zero-order valence-corrected chi connectivity index (χ0v) is 14.5. The number of nitrogens with zero attached hydrogens (tertiary/aromatic N) is 1. The van der Waals surface area contributed by atoms with Gasteiger partial charge in [0.1, 0.15) is 4.88 Å². The van der Waals surface area contributed by atoms with E-state index < -0.39 is 0 Å². The second-order valence-corrected chi connectivity index (χ2v) is 6.76. The third kappa shape index (κ3) is 3.54. The molecule has 122 valence electrons. The van der Waals surface area contributed by atoms with Crippen molar-refractivity contribution in [3.8, 4) is 11.3 Å². The minimum Gasteiger partial charge on any atom is -0.375 e. The molecule has 3 nitrogen and oxygen atoms in total. The smallest absolute Gasteiger partial charge is 0.205 e. The summed E-state index contributed by atoms with van der Waals surface area (Å²) >= 11 is 1.25. The first kappa shape index (κ1) is 16.4. The number of aromatic nitrogens is 1. The number of benzene rings is 2. The molecule has 0 fully saturated rings. The van der Waals surface area contributed by atoms with Crippen molar-refractivity contribution in [2.24, 2.45) is 0 Å². The maximum absolute atomic E-state index is 12.9. The molecule has 0 saturated heterocycles. The minimum absolute atomic E-state index is 0.0231. The van der Waals surface area contributed by atoms with Crippen molar-refractivity contribution in [1.82, 2.24) is 4.98 Å². The Hall–Kier alpha value is -2.46. The molecule has 1 aromatic heterocycles. The fraction of sp³-hybridized carbons (Fsp3) is 0.200. The zero-order chi connectivity index (χ0) is 16.9. The molecule has 1 heterocycles. The fourth-order valence-corrected chi connectivity index (χ4v) is 3.43. The van der Waals surface area contributed by atoms with Gasteiger partial charge in [0.05, 0.1) is 5.69 Å². The van der Waals surface area contributed by atoms with Gasteiger partial charge in [-0.1, -0.05) is 79.3 Å². The highest BCUT2D eigenvalue weighted by Crippen LogP contribution is 2.31. The summed E-state index contributed by atoms with van der Waals surface area (Å²) in [6.45, 7) is 2.18. The number of carbonyl (C=O) groups excluding carboxylic acids is 1. The monoisotopic (exact) mass is 336 g/mol. The average molecular weight is 336 g/mol. The van der Waals surface area contributed by atoms with E-state index in [4.69, 9.17) is 5.73 Å². The predicted molar refractivity (Wildman–Crippen MR) is 100 cm³/mol. The number of ketones is 1. The quantitative estimate of drug-likeness (QED) is 0.647. The van der Waals surface area contributed by atoms with Crippen molar-refractivity contribution in [2.45, 2.75) is 26.2 Å². The number of hydrogen-bond acceptors (Lipinski definition) is 4. The number of nitrogens with two attached hydrogens (primary N) is 1. The molecule has 24 heavy (non-hydrogen) atoms.